The summed E-state index contributed by atoms with van der Waals surface area (Å²) in [6, 6.07) is 6.30. The number of fused-ring (bicyclic) bond motifs is 1. The van der Waals surface area contributed by atoms with Gasteiger partial charge in [-0.3, -0.25) is 4.90 Å². The lowest BCUT2D eigenvalue weighted by Gasteiger charge is -2.32. The molecule has 1 saturated heterocycles. The number of benzene rings is 2. The maximum atomic E-state index is 17.4. The number of thiophene rings is 1. The molecule has 0 bridgehead atoms. The Labute approximate surface area is 293 Å². The summed E-state index contributed by atoms with van der Waals surface area (Å²) in [5.74, 6) is -2.78. The monoisotopic (exact) mass is 724 g/mol. The highest BCUT2D eigenvalue weighted by atomic mass is 32.1. The van der Waals surface area contributed by atoms with E-state index in [2.05, 4.69) is 19.9 Å². The number of pyridine rings is 1. The fourth-order valence-corrected chi connectivity index (χ4v) is 8.29. The van der Waals surface area contributed by atoms with Crippen molar-refractivity contribution in [3.05, 3.63) is 58.8 Å². The third-order valence-corrected chi connectivity index (χ3v) is 10.8. The number of hydrogen-bond donors (Lipinski definition) is 2. The van der Waals surface area contributed by atoms with Crippen LogP contribution in [0.15, 0.2) is 30.5 Å². The zero-order chi connectivity index (χ0) is 36.5. The number of likely N-dealkylation sites (tertiary alicyclic amines) is 1. The Kier molecular flexibility index (Phi) is 8.54. The maximum absolute atomic E-state index is 17.4. The van der Waals surface area contributed by atoms with Gasteiger partial charge in [-0.1, -0.05) is 12.1 Å². The second kappa shape index (κ2) is 12.6. The van der Waals surface area contributed by atoms with Gasteiger partial charge in [0.05, 0.1) is 28.2 Å². The summed E-state index contributed by atoms with van der Waals surface area (Å²) >= 11 is 0.687. The lowest BCUT2D eigenvalue weighted by Crippen LogP contribution is -2.38. The molecule has 266 valence electrons. The van der Waals surface area contributed by atoms with Crippen LogP contribution in [0.2, 0.25) is 0 Å². The van der Waals surface area contributed by atoms with Crippen molar-refractivity contribution in [1.29, 1.82) is 5.26 Å². The van der Waals surface area contributed by atoms with E-state index < -0.39 is 64.0 Å². The van der Waals surface area contributed by atoms with Gasteiger partial charge < -0.3 is 25.8 Å². The summed E-state index contributed by atoms with van der Waals surface area (Å²) in [6.07, 6.45) is -3.30. The topological polar surface area (TPSA) is 139 Å². The number of hydrogen-bond acceptors (Lipinski definition) is 11. The van der Waals surface area contributed by atoms with Crippen molar-refractivity contribution in [1.82, 2.24) is 19.9 Å². The number of ether oxygens (including phenoxy) is 2. The highest BCUT2D eigenvalue weighted by molar-refractivity contribution is 7.23. The Bertz CT molecular complexity index is 2240. The first-order valence-corrected chi connectivity index (χ1v) is 17.1. The zero-order valence-electron chi connectivity index (χ0n) is 28.0. The molecule has 1 fully saturated rings. The lowest BCUT2D eigenvalue weighted by molar-refractivity contribution is -0.138. The predicted octanol–water partition coefficient (Wildman–Crippen LogP) is 7.45. The molecule has 0 amide bonds. The molecular weight excluding hydrogens is 691 g/mol. The van der Waals surface area contributed by atoms with E-state index in [1.54, 1.807) is 30.9 Å². The normalized spacial score (nSPS) is 19.2. The number of alkyl halides is 3. The molecule has 7 rings (SSSR count). The maximum Gasteiger partial charge on any atom is 0.420 e. The van der Waals surface area contributed by atoms with Crippen LogP contribution in [0, 0.1) is 23.0 Å². The number of likely N-dealkylation sites (N-methyl/N-ethyl adjacent to an activating group) is 1. The Balaban J connectivity index is 1.58. The molecule has 2 aromatic carbocycles. The molecule has 2 aliphatic rings. The summed E-state index contributed by atoms with van der Waals surface area (Å²) in [5.41, 5.74) is 9.22. The van der Waals surface area contributed by atoms with Crippen molar-refractivity contribution in [2.75, 3.05) is 36.5 Å². The van der Waals surface area contributed by atoms with E-state index in [-0.39, 0.29) is 56.3 Å². The molecule has 0 aliphatic carbocycles. The van der Waals surface area contributed by atoms with Crippen molar-refractivity contribution >= 4 is 49.0 Å². The predicted molar refractivity (Wildman–Crippen MR) is 185 cm³/mol. The summed E-state index contributed by atoms with van der Waals surface area (Å²) in [5, 5.41) is 9.23. The van der Waals surface area contributed by atoms with Gasteiger partial charge in [-0.05, 0) is 64.9 Å². The SMILES string of the molecule is C[C@H](c1cccnc1N)N1C[C@H](C)Oc2c(C(F)(F)F)c(-c3ccc(F)c4sc(N)c(C#N)c34)c(F)c3nc(O[C@H](C)C4CCCN4C)nc1c23. The molecule has 4 N–H and O–H groups in total. The van der Waals surface area contributed by atoms with Gasteiger partial charge in [0, 0.05) is 28.8 Å². The first-order valence-electron chi connectivity index (χ1n) is 16.3. The summed E-state index contributed by atoms with van der Waals surface area (Å²) < 4.78 is 91.1. The molecule has 16 heteroatoms. The Morgan fingerprint density at radius 1 is 1.14 bits per heavy atom. The standard InChI is InChI=1S/C35H33F5N8O2S/c1-15-14-48(16(2)18-7-5-11-44-31(18)42)33-25-28(45-34(46-33)50-17(3)22-8-6-12-47(22)4)27(37)24(26(29(25)49-15)35(38,39)40)19-9-10-21(36)30-23(19)20(13-41)32(43)51-30/h5,7,9-11,15-17,22H,6,8,12,14,43H2,1-4H3,(H2,42,44)/t15-,16+,17+,22?/m0/s1. The van der Waals surface area contributed by atoms with Crippen LogP contribution in [0.1, 0.15) is 56.3 Å². The van der Waals surface area contributed by atoms with E-state index in [0.717, 1.165) is 31.5 Å². The van der Waals surface area contributed by atoms with Gasteiger partial charge in [-0.15, -0.1) is 11.3 Å². The Hall–Kier alpha value is -5.01. The Morgan fingerprint density at radius 3 is 2.57 bits per heavy atom. The van der Waals surface area contributed by atoms with Crippen LogP contribution in [-0.2, 0) is 6.18 Å². The van der Waals surface area contributed by atoms with Gasteiger partial charge in [0.1, 0.15) is 57.6 Å². The summed E-state index contributed by atoms with van der Waals surface area (Å²) in [4.78, 5) is 17.1. The number of anilines is 3. The smallest absolute Gasteiger partial charge is 0.420 e. The lowest BCUT2D eigenvalue weighted by atomic mass is 9.91. The third kappa shape index (κ3) is 5.68. The molecule has 10 nitrogen and oxygen atoms in total. The molecule has 3 aromatic heterocycles. The first-order chi connectivity index (χ1) is 24.2. The van der Waals surface area contributed by atoms with Crippen LogP contribution < -0.4 is 25.8 Å². The number of halogens is 5. The van der Waals surface area contributed by atoms with Crippen LogP contribution in [0.3, 0.4) is 0 Å². The number of aromatic nitrogens is 3. The Morgan fingerprint density at radius 2 is 1.90 bits per heavy atom. The first kappa shape index (κ1) is 34.4. The van der Waals surface area contributed by atoms with Gasteiger partial charge in [-0.25, -0.2) is 13.8 Å². The molecule has 2 aliphatic heterocycles. The second-order valence-corrected chi connectivity index (χ2v) is 14.0. The quantitative estimate of drug-likeness (QED) is 0.170. The minimum absolute atomic E-state index is 0.00530. The van der Waals surface area contributed by atoms with Crippen LogP contribution >= 0.6 is 11.3 Å². The largest absolute Gasteiger partial charge is 0.487 e. The molecule has 0 saturated carbocycles. The molecule has 5 heterocycles. The minimum Gasteiger partial charge on any atom is -0.487 e. The van der Waals surface area contributed by atoms with Crippen LogP contribution in [0.25, 0.3) is 32.1 Å². The third-order valence-electron chi connectivity index (χ3n) is 9.73. The van der Waals surface area contributed by atoms with Gasteiger partial charge in [0.15, 0.2) is 5.82 Å². The fraction of sp³-hybridized carbons (Fsp3) is 0.371. The molecule has 0 radical (unpaired) electrons. The average molecular weight is 725 g/mol. The van der Waals surface area contributed by atoms with E-state index in [4.69, 9.17) is 20.9 Å². The minimum atomic E-state index is -5.21. The van der Waals surface area contributed by atoms with E-state index in [1.807, 2.05) is 20.0 Å². The van der Waals surface area contributed by atoms with Crippen LogP contribution in [0.4, 0.5) is 38.6 Å². The highest BCUT2D eigenvalue weighted by Gasteiger charge is 2.45. The van der Waals surface area contributed by atoms with Crippen molar-refractivity contribution in [3.8, 4) is 29.0 Å². The van der Waals surface area contributed by atoms with Crippen molar-refractivity contribution in [2.24, 2.45) is 0 Å². The number of nitrogen functional groups attached to an aromatic ring is 2. The number of nitrogens with zero attached hydrogens (tertiary/aromatic N) is 6. The molecule has 51 heavy (non-hydrogen) atoms. The molecule has 1 unspecified atom stereocenters. The van der Waals surface area contributed by atoms with E-state index >= 15 is 22.0 Å². The van der Waals surface area contributed by atoms with Gasteiger partial charge in [0.25, 0.3) is 0 Å². The summed E-state index contributed by atoms with van der Waals surface area (Å²) in [6.45, 7) is 6.05. The van der Waals surface area contributed by atoms with Gasteiger partial charge in [0.2, 0.25) is 0 Å². The zero-order valence-corrected chi connectivity index (χ0v) is 28.8. The average Bonchev–Trinajstić information content (AvgIpc) is 3.62. The number of nitriles is 1. The molecular formula is C35H33F5N8O2S. The van der Waals surface area contributed by atoms with E-state index in [1.165, 1.54) is 6.20 Å². The highest BCUT2D eigenvalue weighted by Crippen LogP contribution is 2.54. The fourth-order valence-electron chi connectivity index (χ4n) is 7.34. The van der Waals surface area contributed by atoms with E-state index in [0.29, 0.717) is 16.9 Å². The number of nitrogens with two attached hydrogens (primary N) is 2. The van der Waals surface area contributed by atoms with Gasteiger partial charge in [-0.2, -0.15) is 28.4 Å². The summed E-state index contributed by atoms with van der Waals surface area (Å²) in [7, 11) is 1.96. The van der Waals surface area contributed by atoms with Crippen molar-refractivity contribution in [2.45, 2.75) is 64.1 Å². The number of rotatable bonds is 6. The second-order valence-electron chi connectivity index (χ2n) is 12.9. The van der Waals surface area contributed by atoms with Crippen molar-refractivity contribution < 1.29 is 31.4 Å². The van der Waals surface area contributed by atoms with Crippen LogP contribution in [0.5, 0.6) is 11.8 Å². The van der Waals surface area contributed by atoms with Crippen LogP contribution in [-0.4, -0.2) is 58.2 Å². The van der Waals surface area contributed by atoms with Gasteiger partial charge >= 0.3 is 12.2 Å². The van der Waals surface area contributed by atoms with E-state index in [9.17, 15) is 5.26 Å². The van der Waals surface area contributed by atoms with Crippen molar-refractivity contribution in [3.63, 3.8) is 0 Å². The molecule has 0 spiro atoms. The molecule has 5 aromatic rings. The molecule has 4 atom stereocenters.